The molecule has 1 N–H and O–H groups in total. The Morgan fingerprint density at radius 2 is 2.20 bits per heavy atom. The van der Waals surface area contributed by atoms with E-state index in [1.54, 1.807) is 6.20 Å². The zero-order valence-electron chi connectivity index (χ0n) is 11.9. The number of aryl methyl sites for hydroxylation is 1. The van der Waals surface area contributed by atoms with Crippen LogP contribution in [0.4, 0.5) is 0 Å². The van der Waals surface area contributed by atoms with E-state index in [2.05, 4.69) is 10.3 Å². The smallest absolute Gasteiger partial charge is 0.271 e. The van der Waals surface area contributed by atoms with E-state index in [-0.39, 0.29) is 5.91 Å². The summed E-state index contributed by atoms with van der Waals surface area (Å²) in [5, 5.41) is 3.03. The SMILES string of the molecule is Cc1ccn2cc(C(=O)NCC3CCCCC3)nc2c1. The fourth-order valence-corrected chi connectivity index (χ4v) is 2.91. The Morgan fingerprint density at radius 1 is 1.40 bits per heavy atom. The number of carbonyl (C=O) groups is 1. The molecular formula is C16H21N3O. The molecular weight excluding hydrogens is 250 g/mol. The van der Waals surface area contributed by atoms with Gasteiger partial charge in [-0.15, -0.1) is 0 Å². The third-order valence-electron chi connectivity index (χ3n) is 4.12. The molecule has 4 nitrogen and oxygen atoms in total. The van der Waals surface area contributed by atoms with Crippen molar-refractivity contribution < 1.29 is 4.79 Å². The van der Waals surface area contributed by atoms with Gasteiger partial charge in [0.25, 0.3) is 5.91 Å². The summed E-state index contributed by atoms with van der Waals surface area (Å²) in [5.41, 5.74) is 2.48. The quantitative estimate of drug-likeness (QED) is 0.933. The van der Waals surface area contributed by atoms with Crippen molar-refractivity contribution in [3.8, 4) is 0 Å². The van der Waals surface area contributed by atoms with E-state index in [1.807, 2.05) is 29.7 Å². The first-order valence-electron chi connectivity index (χ1n) is 7.46. The van der Waals surface area contributed by atoms with Crippen molar-refractivity contribution >= 4 is 11.6 Å². The van der Waals surface area contributed by atoms with Gasteiger partial charge in [0.2, 0.25) is 0 Å². The third-order valence-corrected chi connectivity index (χ3v) is 4.12. The summed E-state index contributed by atoms with van der Waals surface area (Å²) in [6, 6.07) is 4.00. The van der Waals surface area contributed by atoms with Gasteiger partial charge in [-0.3, -0.25) is 4.79 Å². The second kappa shape index (κ2) is 5.65. The van der Waals surface area contributed by atoms with Crippen molar-refractivity contribution in [1.29, 1.82) is 0 Å². The van der Waals surface area contributed by atoms with Gasteiger partial charge in [-0.2, -0.15) is 0 Å². The molecule has 2 aromatic heterocycles. The van der Waals surface area contributed by atoms with Gasteiger partial charge in [0.1, 0.15) is 11.3 Å². The van der Waals surface area contributed by atoms with Crippen LogP contribution in [0.3, 0.4) is 0 Å². The lowest BCUT2D eigenvalue weighted by atomic mass is 9.89. The Kier molecular flexibility index (Phi) is 3.72. The molecule has 0 aliphatic heterocycles. The first kappa shape index (κ1) is 13.2. The van der Waals surface area contributed by atoms with E-state index in [9.17, 15) is 4.79 Å². The van der Waals surface area contributed by atoms with Gasteiger partial charge in [0, 0.05) is 18.9 Å². The maximum Gasteiger partial charge on any atom is 0.271 e. The highest BCUT2D eigenvalue weighted by Crippen LogP contribution is 2.22. The molecule has 1 saturated carbocycles. The molecule has 0 unspecified atom stereocenters. The van der Waals surface area contributed by atoms with Crippen molar-refractivity contribution in [1.82, 2.24) is 14.7 Å². The van der Waals surface area contributed by atoms with Crippen molar-refractivity contribution in [3.05, 3.63) is 35.8 Å². The average molecular weight is 271 g/mol. The second-order valence-electron chi connectivity index (χ2n) is 5.81. The van der Waals surface area contributed by atoms with E-state index in [0.29, 0.717) is 11.6 Å². The fraction of sp³-hybridized carbons (Fsp3) is 0.500. The number of fused-ring (bicyclic) bond motifs is 1. The minimum Gasteiger partial charge on any atom is -0.350 e. The normalized spacial score (nSPS) is 16.4. The van der Waals surface area contributed by atoms with Crippen molar-refractivity contribution in [2.24, 2.45) is 5.92 Å². The minimum atomic E-state index is -0.0584. The molecule has 1 aliphatic rings. The lowest BCUT2D eigenvalue weighted by molar-refractivity contribution is 0.0939. The van der Waals surface area contributed by atoms with Gasteiger partial charge in [-0.1, -0.05) is 19.3 Å². The van der Waals surface area contributed by atoms with Gasteiger partial charge in [0.15, 0.2) is 0 Å². The van der Waals surface area contributed by atoms with Gasteiger partial charge in [-0.05, 0) is 43.4 Å². The van der Waals surface area contributed by atoms with Crippen LogP contribution in [0.25, 0.3) is 5.65 Å². The van der Waals surface area contributed by atoms with Crippen LogP contribution in [0.1, 0.15) is 48.2 Å². The first-order chi connectivity index (χ1) is 9.72. The molecule has 2 aromatic rings. The van der Waals surface area contributed by atoms with Gasteiger partial charge < -0.3 is 9.72 Å². The third kappa shape index (κ3) is 2.84. The van der Waals surface area contributed by atoms with E-state index in [0.717, 1.165) is 17.8 Å². The zero-order valence-corrected chi connectivity index (χ0v) is 11.9. The van der Waals surface area contributed by atoms with Crippen molar-refractivity contribution in [3.63, 3.8) is 0 Å². The number of rotatable bonds is 3. The number of pyridine rings is 1. The maximum atomic E-state index is 12.2. The molecule has 0 saturated heterocycles. The largest absolute Gasteiger partial charge is 0.350 e. The lowest BCUT2D eigenvalue weighted by Gasteiger charge is -2.21. The van der Waals surface area contributed by atoms with Crippen molar-refractivity contribution in [2.45, 2.75) is 39.0 Å². The lowest BCUT2D eigenvalue weighted by Crippen LogP contribution is -2.30. The summed E-state index contributed by atoms with van der Waals surface area (Å²) in [6.45, 7) is 2.81. The number of hydrogen-bond acceptors (Lipinski definition) is 2. The molecule has 3 rings (SSSR count). The number of nitrogens with zero attached hydrogens (tertiary/aromatic N) is 2. The van der Waals surface area contributed by atoms with E-state index >= 15 is 0 Å². The summed E-state index contributed by atoms with van der Waals surface area (Å²) in [4.78, 5) is 16.5. The Hall–Kier alpha value is -1.84. The highest BCUT2D eigenvalue weighted by Gasteiger charge is 2.16. The molecule has 2 heterocycles. The molecule has 4 heteroatoms. The predicted molar refractivity (Wildman–Crippen MR) is 78.8 cm³/mol. The first-order valence-corrected chi connectivity index (χ1v) is 7.46. The molecule has 20 heavy (non-hydrogen) atoms. The number of aromatic nitrogens is 2. The van der Waals surface area contributed by atoms with E-state index in [4.69, 9.17) is 0 Å². The maximum absolute atomic E-state index is 12.2. The van der Waals surface area contributed by atoms with Crippen LogP contribution < -0.4 is 5.32 Å². The van der Waals surface area contributed by atoms with Crippen LogP contribution >= 0.6 is 0 Å². The minimum absolute atomic E-state index is 0.0584. The number of amides is 1. The Bertz CT molecular complexity index is 611. The van der Waals surface area contributed by atoms with Crippen LogP contribution in [0.15, 0.2) is 24.5 Å². The summed E-state index contributed by atoms with van der Waals surface area (Å²) < 4.78 is 1.89. The summed E-state index contributed by atoms with van der Waals surface area (Å²) in [6.07, 6.45) is 10.2. The number of nitrogens with one attached hydrogen (secondary N) is 1. The van der Waals surface area contributed by atoms with E-state index < -0.39 is 0 Å². The Labute approximate surface area is 119 Å². The van der Waals surface area contributed by atoms with Gasteiger partial charge in [-0.25, -0.2) is 4.98 Å². The molecule has 106 valence electrons. The van der Waals surface area contributed by atoms with Gasteiger partial charge >= 0.3 is 0 Å². The van der Waals surface area contributed by atoms with Crippen LogP contribution in [-0.4, -0.2) is 21.8 Å². The van der Waals surface area contributed by atoms with Crippen LogP contribution in [0.5, 0.6) is 0 Å². The fourth-order valence-electron chi connectivity index (χ4n) is 2.91. The predicted octanol–water partition coefficient (Wildman–Crippen LogP) is 2.95. The van der Waals surface area contributed by atoms with Crippen LogP contribution in [0, 0.1) is 12.8 Å². The standard InChI is InChI=1S/C16H21N3O/c1-12-7-8-19-11-14(18-15(19)9-12)16(20)17-10-13-5-3-2-4-6-13/h7-9,11,13H,2-6,10H2,1H3,(H,17,20). The summed E-state index contributed by atoms with van der Waals surface area (Å²) in [7, 11) is 0. The number of carbonyl (C=O) groups excluding carboxylic acids is 1. The summed E-state index contributed by atoms with van der Waals surface area (Å²) >= 11 is 0. The highest BCUT2D eigenvalue weighted by atomic mass is 16.1. The van der Waals surface area contributed by atoms with Crippen LogP contribution in [-0.2, 0) is 0 Å². The molecule has 0 radical (unpaired) electrons. The zero-order chi connectivity index (χ0) is 13.9. The highest BCUT2D eigenvalue weighted by molar-refractivity contribution is 5.92. The molecule has 0 atom stereocenters. The molecule has 1 aliphatic carbocycles. The topological polar surface area (TPSA) is 46.4 Å². The van der Waals surface area contributed by atoms with E-state index in [1.165, 1.54) is 32.1 Å². The molecule has 0 bridgehead atoms. The van der Waals surface area contributed by atoms with Crippen LogP contribution in [0.2, 0.25) is 0 Å². The average Bonchev–Trinajstić information content (AvgIpc) is 2.89. The number of hydrogen-bond donors (Lipinski definition) is 1. The molecule has 0 spiro atoms. The summed E-state index contributed by atoms with van der Waals surface area (Å²) in [5.74, 6) is 0.587. The Morgan fingerprint density at radius 3 is 3.00 bits per heavy atom. The van der Waals surface area contributed by atoms with Crippen molar-refractivity contribution in [2.75, 3.05) is 6.54 Å². The van der Waals surface area contributed by atoms with Gasteiger partial charge in [0.05, 0.1) is 0 Å². The molecule has 0 aromatic carbocycles. The molecule has 1 amide bonds. The Balaban J connectivity index is 1.65. The molecule has 1 fully saturated rings. The number of imidazole rings is 1. The second-order valence-corrected chi connectivity index (χ2v) is 5.81. The monoisotopic (exact) mass is 271 g/mol.